The fourth-order valence-electron chi connectivity index (χ4n) is 1.06. The van der Waals surface area contributed by atoms with Gasteiger partial charge in [-0.1, -0.05) is 25.4 Å². The molecule has 0 aliphatic carbocycles. The molecule has 0 aromatic carbocycles. The van der Waals surface area contributed by atoms with Gasteiger partial charge in [-0.05, 0) is 25.0 Å². The molecule has 0 saturated heterocycles. The molecule has 1 heterocycles. The number of aromatic nitrogens is 1. The number of nitrogens with one attached hydrogen (secondary N) is 1. The molecule has 2 N–H and O–H groups in total. The van der Waals surface area contributed by atoms with Gasteiger partial charge in [-0.25, -0.2) is 4.98 Å². The molecule has 1 rings (SSSR count). The first kappa shape index (κ1) is 13.9. The van der Waals surface area contributed by atoms with Crippen molar-refractivity contribution in [2.24, 2.45) is 5.92 Å². The third-order valence-electron chi connectivity index (χ3n) is 2.81. The van der Waals surface area contributed by atoms with Crippen molar-refractivity contribution in [3.05, 3.63) is 29.0 Å². The van der Waals surface area contributed by atoms with Crippen molar-refractivity contribution in [3.63, 3.8) is 0 Å². The van der Waals surface area contributed by atoms with Gasteiger partial charge in [-0.3, -0.25) is 4.79 Å². The van der Waals surface area contributed by atoms with Crippen LogP contribution in [0.5, 0.6) is 0 Å². The summed E-state index contributed by atoms with van der Waals surface area (Å²) in [6.07, 6.45) is 1.41. The summed E-state index contributed by atoms with van der Waals surface area (Å²) >= 11 is 5.67. The van der Waals surface area contributed by atoms with Crippen molar-refractivity contribution in [1.82, 2.24) is 10.3 Å². The smallest absolute Gasteiger partial charge is 0.269 e. The minimum absolute atomic E-state index is 0.0565. The zero-order valence-electron chi connectivity index (χ0n) is 10.2. The molecule has 0 radical (unpaired) electrons. The third kappa shape index (κ3) is 3.98. The minimum Gasteiger partial charge on any atom is -0.388 e. The highest BCUT2D eigenvalue weighted by Crippen LogP contribution is 2.14. The summed E-state index contributed by atoms with van der Waals surface area (Å²) in [6.45, 7) is 5.67. The van der Waals surface area contributed by atoms with E-state index in [0.29, 0.717) is 5.02 Å². The number of nitrogens with zero attached hydrogens (tertiary/aromatic N) is 1. The van der Waals surface area contributed by atoms with Crippen molar-refractivity contribution < 1.29 is 9.90 Å². The normalized spacial score (nSPS) is 14.5. The van der Waals surface area contributed by atoms with Crippen molar-refractivity contribution in [2.75, 3.05) is 6.54 Å². The first-order valence-electron chi connectivity index (χ1n) is 5.45. The van der Waals surface area contributed by atoms with Crippen LogP contribution in [0, 0.1) is 5.92 Å². The number of carbonyl (C=O) groups excluding carboxylic acids is 1. The Morgan fingerprint density at radius 3 is 2.71 bits per heavy atom. The van der Waals surface area contributed by atoms with E-state index in [-0.39, 0.29) is 24.1 Å². The van der Waals surface area contributed by atoms with Gasteiger partial charge in [0.2, 0.25) is 0 Å². The summed E-state index contributed by atoms with van der Waals surface area (Å²) < 4.78 is 0. The van der Waals surface area contributed by atoms with Crippen LogP contribution in [0.4, 0.5) is 0 Å². The molecule has 4 nitrogen and oxygen atoms in total. The molecule has 1 unspecified atom stereocenters. The fourth-order valence-corrected chi connectivity index (χ4v) is 1.18. The summed E-state index contributed by atoms with van der Waals surface area (Å²) in [5.41, 5.74) is -0.642. The monoisotopic (exact) mass is 256 g/mol. The van der Waals surface area contributed by atoms with Crippen molar-refractivity contribution in [3.8, 4) is 0 Å². The predicted octanol–water partition coefficient (Wildman–Crippen LogP) is 1.87. The maximum Gasteiger partial charge on any atom is 0.269 e. The number of hydrogen-bond acceptors (Lipinski definition) is 3. The lowest BCUT2D eigenvalue weighted by Crippen LogP contribution is -2.44. The number of hydrogen-bond donors (Lipinski definition) is 2. The molecule has 5 heteroatoms. The third-order valence-corrected chi connectivity index (χ3v) is 3.03. The Labute approximate surface area is 106 Å². The lowest BCUT2D eigenvalue weighted by Gasteiger charge is -2.27. The highest BCUT2D eigenvalue weighted by atomic mass is 35.5. The molecular formula is C12H17ClN2O2. The number of amides is 1. The van der Waals surface area contributed by atoms with E-state index in [2.05, 4.69) is 10.3 Å². The molecule has 17 heavy (non-hydrogen) atoms. The van der Waals surface area contributed by atoms with E-state index in [9.17, 15) is 9.90 Å². The Kier molecular flexibility index (Phi) is 4.48. The van der Waals surface area contributed by atoms with Crippen LogP contribution in [0.25, 0.3) is 0 Å². The molecule has 0 saturated carbocycles. The maximum atomic E-state index is 11.7. The van der Waals surface area contributed by atoms with Crippen LogP contribution in [0.15, 0.2) is 18.3 Å². The van der Waals surface area contributed by atoms with Crippen molar-refractivity contribution in [2.45, 2.75) is 26.4 Å². The number of rotatable bonds is 4. The largest absolute Gasteiger partial charge is 0.388 e. The van der Waals surface area contributed by atoms with Crippen LogP contribution in [0.3, 0.4) is 0 Å². The van der Waals surface area contributed by atoms with Crippen molar-refractivity contribution in [1.29, 1.82) is 0 Å². The Balaban J connectivity index is 2.59. The SMILES string of the molecule is CC(C)C(C)(O)CNC(=O)c1ccc(Cl)cn1. The zero-order valence-corrected chi connectivity index (χ0v) is 11.0. The summed E-state index contributed by atoms with van der Waals surface area (Å²) in [6, 6.07) is 3.14. The molecule has 0 aliphatic heterocycles. The summed E-state index contributed by atoms with van der Waals surface area (Å²) in [5, 5.41) is 13.1. The van der Waals surface area contributed by atoms with Gasteiger partial charge < -0.3 is 10.4 Å². The molecule has 1 aromatic rings. The van der Waals surface area contributed by atoms with Gasteiger partial charge in [-0.2, -0.15) is 0 Å². The maximum absolute atomic E-state index is 11.7. The minimum atomic E-state index is -0.928. The average molecular weight is 257 g/mol. The molecule has 0 fully saturated rings. The molecule has 1 atom stereocenters. The molecule has 0 bridgehead atoms. The van der Waals surface area contributed by atoms with Crippen LogP contribution in [0.1, 0.15) is 31.3 Å². The molecule has 0 aliphatic rings. The van der Waals surface area contributed by atoms with Gasteiger partial charge in [0, 0.05) is 12.7 Å². The number of aliphatic hydroxyl groups is 1. The number of carbonyl (C=O) groups is 1. The second-order valence-electron chi connectivity index (χ2n) is 4.56. The van der Waals surface area contributed by atoms with Gasteiger partial charge in [0.15, 0.2) is 0 Å². The fraction of sp³-hybridized carbons (Fsp3) is 0.500. The topological polar surface area (TPSA) is 62.2 Å². The van der Waals surface area contributed by atoms with Crippen LogP contribution in [-0.2, 0) is 0 Å². The van der Waals surface area contributed by atoms with E-state index >= 15 is 0 Å². The van der Waals surface area contributed by atoms with Crippen LogP contribution >= 0.6 is 11.6 Å². The number of pyridine rings is 1. The quantitative estimate of drug-likeness (QED) is 0.865. The summed E-state index contributed by atoms with van der Waals surface area (Å²) in [5.74, 6) is -0.261. The Morgan fingerprint density at radius 1 is 1.59 bits per heavy atom. The molecule has 1 aromatic heterocycles. The van der Waals surface area contributed by atoms with E-state index in [1.54, 1.807) is 19.1 Å². The average Bonchev–Trinajstić information content (AvgIpc) is 2.27. The summed E-state index contributed by atoms with van der Waals surface area (Å²) in [4.78, 5) is 15.6. The van der Waals surface area contributed by atoms with Gasteiger partial charge in [0.05, 0.1) is 10.6 Å². The van der Waals surface area contributed by atoms with Gasteiger partial charge >= 0.3 is 0 Å². The Morgan fingerprint density at radius 2 is 2.24 bits per heavy atom. The van der Waals surface area contributed by atoms with E-state index in [1.807, 2.05) is 13.8 Å². The Hall–Kier alpha value is -1.13. The summed E-state index contributed by atoms with van der Waals surface area (Å²) in [7, 11) is 0. The molecule has 1 amide bonds. The molecule has 94 valence electrons. The lowest BCUT2D eigenvalue weighted by molar-refractivity contribution is 0.0142. The number of halogens is 1. The highest BCUT2D eigenvalue weighted by molar-refractivity contribution is 6.30. The van der Waals surface area contributed by atoms with Crippen LogP contribution in [-0.4, -0.2) is 28.1 Å². The second kappa shape index (κ2) is 5.47. The van der Waals surface area contributed by atoms with Gasteiger partial charge in [0.25, 0.3) is 5.91 Å². The lowest BCUT2D eigenvalue weighted by atomic mass is 9.92. The molecule has 0 spiro atoms. The van der Waals surface area contributed by atoms with Crippen molar-refractivity contribution >= 4 is 17.5 Å². The highest BCUT2D eigenvalue weighted by Gasteiger charge is 2.25. The zero-order chi connectivity index (χ0) is 13.1. The van der Waals surface area contributed by atoms with E-state index in [1.165, 1.54) is 6.20 Å². The first-order chi connectivity index (χ1) is 7.83. The van der Waals surface area contributed by atoms with E-state index < -0.39 is 5.60 Å². The van der Waals surface area contributed by atoms with E-state index in [4.69, 9.17) is 11.6 Å². The predicted molar refractivity (Wildman–Crippen MR) is 67.0 cm³/mol. The van der Waals surface area contributed by atoms with Gasteiger partial charge in [-0.15, -0.1) is 0 Å². The standard InChI is InChI=1S/C12H17ClN2O2/c1-8(2)12(3,17)7-15-11(16)10-5-4-9(13)6-14-10/h4-6,8,17H,7H2,1-3H3,(H,15,16). The van der Waals surface area contributed by atoms with Crippen LogP contribution < -0.4 is 5.32 Å². The first-order valence-corrected chi connectivity index (χ1v) is 5.83. The molecular weight excluding hydrogens is 240 g/mol. The Bertz CT molecular complexity index is 388. The van der Waals surface area contributed by atoms with Gasteiger partial charge in [0.1, 0.15) is 5.69 Å². The second-order valence-corrected chi connectivity index (χ2v) is 4.99. The van der Waals surface area contributed by atoms with Crippen LogP contribution in [0.2, 0.25) is 5.02 Å². The van der Waals surface area contributed by atoms with E-state index in [0.717, 1.165) is 0 Å².